The van der Waals surface area contributed by atoms with Crippen molar-refractivity contribution in [1.29, 1.82) is 0 Å². The Morgan fingerprint density at radius 2 is 2.46 bits per heavy atom. The molecule has 0 unspecified atom stereocenters. The molecule has 0 saturated heterocycles. The van der Waals surface area contributed by atoms with Crippen molar-refractivity contribution in [3.05, 3.63) is 36.3 Å². The van der Waals surface area contributed by atoms with Crippen LogP contribution in [0.4, 0.5) is 0 Å². The quantitative estimate of drug-likeness (QED) is 0.690. The average molecular weight is 176 g/mol. The van der Waals surface area contributed by atoms with Crippen LogP contribution in [0.2, 0.25) is 0 Å². The van der Waals surface area contributed by atoms with Gasteiger partial charge in [0, 0.05) is 18.9 Å². The lowest BCUT2D eigenvalue weighted by atomic mass is 10.3. The number of nitrogens with zero attached hydrogens (tertiary/aromatic N) is 2. The van der Waals surface area contributed by atoms with E-state index in [9.17, 15) is 4.79 Å². The largest absolute Gasteiger partial charge is 0.476 e. The Labute approximate surface area is 74.8 Å². The maximum atomic E-state index is 10.8. The second-order valence-corrected chi connectivity index (χ2v) is 2.71. The summed E-state index contributed by atoms with van der Waals surface area (Å²) in [7, 11) is 0. The molecule has 0 radical (unpaired) electrons. The van der Waals surface area contributed by atoms with Crippen molar-refractivity contribution < 1.29 is 9.90 Å². The second kappa shape index (κ2) is 2.90. The molecular formula is C9H8N2O2. The number of hydrogen-bond donors (Lipinski definition) is 1. The van der Waals surface area contributed by atoms with Crippen LogP contribution < -0.4 is 0 Å². The van der Waals surface area contributed by atoms with Gasteiger partial charge in [-0.1, -0.05) is 0 Å². The molecule has 0 atom stereocenters. The lowest BCUT2D eigenvalue weighted by molar-refractivity contribution is -0.129. The Bertz CT molecular complexity index is 402. The molecule has 0 spiro atoms. The summed E-state index contributed by atoms with van der Waals surface area (Å²) in [5.41, 5.74) is 0.747. The summed E-state index contributed by atoms with van der Waals surface area (Å²) in [4.78, 5) is 14.6. The molecule has 1 aromatic heterocycles. The topological polar surface area (TPSA) is 54.6 Å². The summed E-state index contributed by atoms with van der Waals surface area (Å²) in [5.74, 6) is -0.994. The fraction of sp³-hybridized carbons (Fsp3) is 0.111. The van der Waals surface area contributed by atoms with E-state index in [-0.39, 0.29) is 5.71 Å². The van der Waals surface area contributed by atoms with Crippen LogP contribution in [-0.2, 0) is 11.3 Å². The maximum absolute atomic E-state index is 10.8. The minimum atomic E-state index is -0.994. The summed E-state index contributed by atoms with van der Waals surface area (Å²) >= 11 is 0. The molecule has 1 N–H and O–H groups in total. The number of allylic oxidation sites excluding steroid dienone is 1. The van der Waals surface area contributed by atoms with Crippen LogP contribution in [0.15, 0.2) is 35.6 Å². The van der Waals surface area contributed by atoms with Gasteiger partial charge in [0.2, 0.25) is 0 Å². The van der Waals surface area contributed by atoms with Crippen LogP contribution in [0, 0.1) is 0 Å². The Morgan fingerprint density at radius 1 is 1.62 bits per heavy atom. The Morgan fingerprint density at radius 3 is 3.23 bits per heavy atom. The molecule has 2 heterocycles. The first kappa shape index (κ1) is 7.79. The molecule has 2 rings (SSSR count). The predicted molar refractivity (Wildman–Crippen MR) is 47.7 cm³/mol. The summed E-state index contributed by atoms with van der Waals surface area (Å²) < 4.78 is 1.84. The molecular weight excluding hydrogens is 168 g/mol. The molecule has 4 heteroatoms. The zero-order valence-electron chi connectivity index (χ0n) is 6.84. The van der Waals surface area contributed by atoms with Crippen LogP contribution in [0.5, 0.6) is 0 Å². The van der Waals surface area contributed by atoms with Crippen LogP contribution in [0.1, 0.15) is 5.69 Å². The van der Waals surface area contributed by atoms with E-state index in [2.05, 4.69) is 4.99 Å². The summed E-state index contributed by atoms with van der Waals surface area (Å²) in [6.45, 7) is 0.669. The number of carboxylic acid groups (broad SMARTS) is 1. The molecule has 4 nitrogen and oxygen atoms in total. The van der Waals surface area contributed by atoms with Crippen molar-refractivity contribution >= 4 is 11.7 Å². The minimum absolute atomic E-state index is 0.0961. The van der Waals surface area contributed by atoms with E-state index in [0.29, 0.717) is 12.2 Å². The Kier molecular flexibility index (Phi) is 1.73. The van der Waals surface area contributed by atoms with E-state index in [4.69, 9.17) is 5.11 Å². The molecule has 1 aliphatic heterocycles. The monoisotopic (exact) mass is 176 g/mol. The van der Waals surface area contributed by atoms with Crippen LogP contribution >= 0.6 is 0 Å². The second-order valence-electron chi connectivity index (χ2n) is 2.71. The van der Waals surface area contributed by atoms with E-state index in [0.717, 1.165) is 0 Å². The van der Waals surface area contributed by atoms with Gasteiger partial charge >= 0.3 is 5.97 Å². The van der Waals surface area contributed by atoms with Gasteiger partial charge in [-0.05, 0) is 18.2 Å². The van der Waals surface area contributed by atoms with Gasteiger partial charge in [-0.3, -0.25) is 0 Å². The molecule has 0 fully saturated rings. The lowest BCUT2D eigenvalue weighted by Crippen LogP contribution is -2.17. The number of aromatic nitrogens is 1. The van der Waals surface area contributed by atoms with Crippen molar-refractivity contribution in [3.8, 4) is 0 Å². The third kappa shape index (κ3) is 1.26. The summed E-state index contributed by atoms with van der Waals surface area (Å²) in [5, 5.41) is 8.85. The SMILES string of the molecule is O=C(O)C1=NC=CCn2cccc21. The normalized spacial score (nSPS) is 14.6. The highest BCUT2D eigenvalue weighted by Gasteiger charge is 2.16. The van der Waals surface area contributed by atoms with Gasteiger partial charge < -0.3 is 9.67 Å². The van der Waals surface area contributed by atoms with E-state index in [1.54, 1.807) is 6.07 Å². The van der Waals surface area contributed by atoms with Gasteiger partial charge in [-0.15, -0.1) is 0 Å². The number of fused-ring (bicyclic) bond motifs is 1. The highest BCUT2D eigenvalue weighted by molar-refractivity contribution is 6.42. The third-order valence-electron chi connectivity index (χ3n) is 1.89. The zero-order valence-corrected chi connectivity index (χ0v) is 6.84. The number of carbonyl (C=O) groups is 1. The lowest BCUT2D eigenvalue weighted by Gasteiger charge is -2.02. The van der Waals surface area contributed by atoms with Crippen LogP contribution in [0.25, 0.3) is 0 Å². The molecule has 0 amide bonds. The fourth-order valence-electron chi connectivity index (χ4n) is 1.31. The van der Waals surface area contributed by atoms with E-state index in [1.165, 1.54) is 6.20 Å². The molecule has 1 aliphatic rings. The first-order valence-corrected chi connectivity index (χ1v) is 3.90. The summed E-state index contributed by atoms with van der Waals surface area (Å²) in [6, 6.07) is 3.56. The number of rotatable bonds is 1. The standard InChI is InChI=1S/C9H8N2O2/c12-9(13)8-7-3-1-5-11(7)6-2-4-10-8/h1-5H,6H2,(H,12,13). The average Bonchev–Trinajstić information content (AvgIpc) is 2.44. The first-order valence-electron chi connectivity index (χ1n) is 3.90. The van der Waals surface area contributed by atoms with Crippen molar-refractivity contribution in [2.75, 3.05) is 0 Å². The molecule has 66 valence electrons. The molecule has 13 heavy (non-hydrogen) atoms. The van der Waals surface area contributed by atoms with Gasteiger partial charge in [0.15, 0.2) is 5.71 Å². The highest BCUT2D eigenvalue weighted by atomic mass is 16.4. The van der Waals surface area contributed by atoms with Crippen molar-refractivity contribution in [2.45, 2.75) is 6.54 Å². The Balaban J connectivity index is 2.55. The maximum Gasteiger partial charge on any atom is 0.356 e. The van der Waals surface area contributed by atoms with Gasteiger partial charge in [-0.2, -0.15) is 0 Å². The smallest absolute Gasteiger partial charge is 0.356 e. The zero-order chi connectivity index (χ0) is 9.26. The molecule has 0 bridgehead atoms. The van der Waals surface area contributed by atoms with Gasteiger partial charge in [0.1, 0.15) is 0 Å². The molecule has 0 aliphatic carbocycles. The molecule has 1 aromatic rings. The summed E-state index contributed by atoms with van der Waals surface area (Å²) in [6.07, 6.45) is 5.18. The van der Waals surface area contributed by atoms with Crippen LogP contribution in [0.3, 0.4) is 0 Å². The van der Waals surface area contributed by atoms with Crippen LogP contribution in [-0.4, -0.2) is 21.4 Å². The van der Waals surface area contributed by atoms with E-state index >= 15 is 0 Å². The number of aliphatic imine (C=N–C) groups is 1. The highest BCUT2D eigenvalue weighted by Crippen LogP contribution is 2.08. The first-order chi connectivity index (χ1) is 6.29. The number of hydrogen-bond acceptors (Lipinski definition) is 2. The van der Waals surface area contributed by atoms with E-state index < -0.39 is 5.97 Å². The molecule has 0 saturated carbocycles. The minimum Gasteiger partial charge on any atom is -0.476 e. The van der Waals surface area contributed by atoms with Crippen molar-refractivity contribution in [3.63, 3.8) is 0 Å². The fourth-order valence-corrected chi connectivity index (χ4v) is 1.31. The predicted octanol–water partition coefficient (Wildman–Crippen LogP) is 0.889. The van der Waals surface area contributed by atoms with Gasteiger partial charge in [-0.25, -0.2) is 9.79 Å². The molecule has 0 aromatic carbocycles. The van der Waals surface area contributed by atoms with Crippen molar-refractivity contribution in [1.82, 2.24) is 4.57 Å². The van der Waals surface area contributed by atoms with Crippen molar-refractivity contribution in [2.24, 2.45) is 4.99 Å². The van der Waals surface area contributed by atoms with Gasteiger partial charge in [0.25, 0.3) is 0 Å². The number of carboxylic acids is 1. The van der Waals surface area contributed by atoms with Gasteiger partial charge in [0.05, 0.1) is 5.69 Å². The van der Waals surface area contributed by atoms with E-state index in [1.807, 2.05) is 22.9 Å². The Hall–Kier alpha value is -1.84. The third-order valence-corrected chi connectivity index (χ3v) is 1.89. The number of aliphatic carboxylic acids is 1.